The Hall–Kier alpha value is -3.33. The van der Waals surface area contributed by atoms with Gasteiger partial charge in [-0.3, -0.25) is 5.32 Å². The van der Waals surface area contributed by atoms with Gasteiger partial charge in [0.2, 0.25) is 0 Å². The molecule has 3 aromatic rings. The number of hydrogen-bond donors (Lipinski definition) is 2. The van der Waals surface area contributed by atoms with Crippen LogP contribution < -0.4 is 5.32 Å². The van der Waals surface area contributed by atoms with Crippen molar-refractivity contribution in [1.82, 2.24) is 9.97 Å². The van der Waals surface area contributed by atoms with E-state index in [4.69, 9.17) is 10.00 Å². The predicted octanol–water partition coefficient (Wildman–Crippen LogP) is 3.38. The van der Waals surface area contributed by atoms with Gasteiger partial charge in [0.1, 0.15) is 12.3 Å². The molecule has 0 bridgehead atoms. The highest BCUT2D eigenvalue weighted by Gasteiger charge is 2.06. The molecule has 1 amide bonds. The van der Waals surface area contributed by atoms with Gasteiger partial charge in [0.05, 0.1) is 24.4 Å². The molecule has 23 heavy (non-hydrogen) atoms. The number of aromatic amines is 1. The van der Waals surface area contributed by atoms with Crippen LogP contribution >= 0.6 is 0 Å². The summed E-state index contributed by atoms with van der Waals surface area (Å²) in [6.45, 7) is 0.144. The van der Waals surface area contributed by atoms with Crippen molar-refractivity contribution < 1.29 is 9.53 Å². The molecule has 0 fully saturated rings. The normalized spacial score (nSPS) is 10.2. The van der Waals surface area contributed by atoms with Crippen LogP contribution in [0.2, 0.25) is 0 Å². The number of anilines is 1. The van der Waals surface area contributed by atoms with Crippen LogP contribution in [0, 0.1) is 11.3 Å². The molecule has 114 valence electrons. The third kappa shape index (κ3) is 3.66. The minimum absolute atomic E-state index is 0.144. The second kappa shape index (κ2) is 6.62. The van der Waals surface area contributed by atoms with Gasteiger partial charge in [-0.15, -0.1) is 0 Å². The summed E-state index contributed by atoms with van der Waals surface area (Å²) in [5.41, 5.74) is 3.07. The number of rotatable bonds is 4. The van der Waals surface area contributed by atoms with Gasteiger partial charge in [-0.1, -0.05) is 24.3 Å². The lowest BCUT2D eigenvalue weighted by molar-refractivity contribution is 0.155. The van der Waals surface area contributed by atoms with Crippen LogP contribution in [0.4, 0.5) is 10.5 Å². The number of fused-ring (bicyclic) bond motifs is 1. The van der Waals surface area contributed by atoms with Gasteiger partial charge in [-0.2, -0.15) is 5.26 Å². The largest absolute Gasteiger partial charge is 0.444 e. The number of aromatic nitrogens is 2. The molecule has 6 heteroatoms. The van der Waals surface area contributed by atoms with Crippen LogP contribution in [0.15, 0.2) is 48.8 Å². The van der Waals surface area contributed by atoms with Gasteiger partial charge in [0, 0.05) is 11.6 Å². The van der Waals surface area contributed by atoms with E-state index in [9.17, 15) is 4.79 Å². The first-order valence-electron chi connectivity index (χ1n) is 7.06. The fourth-order valence-electron chi connectivity index (χ4n) is 2.23. The summed E-state index contributed by atoms with van der Waals surface area (Å²) in [4.78, 5) is 19.0. The number of ether oxygens (including phenoxy) is 1. The summed E-state index contributed by atoms with van der Waals surface area (Å²) in [5, 5.41) is 12.3. The average molecular weight is 306 g/mol. The average Bonchev–Trinajstić information content (AvgIpc) is 3.01. The zero-order chi connectivity index (χ0) is 16.1. The zero-order valence-corrected chi connectivity index (χ0v) is 12.2. The van der Waals surface area contributed by atoms with Crippen molar-refractivity contribution in [3.8, 4) is 6.07 Å². The number of nitrogens with zero attached hydrogens (tertiary/aromatic N) is 2. The van der Waals surface area contributed by atoms with Gasteiger partial charge < -0.3 is 9.72 Å². The molecule has 0 unspecified atom stereocenters. The molecule has 3 rings (SSSR count). The van der Waals surface area contributed by atoms with Crippen molar-refractivity contribution >= 4 is 22.8 Å². The number of nitriles is 1. The Bertz CT molecular complexity index is 879. The second-order valence-corrected chi connectivity index (χ2v) is 5.00. The fourth-order valence-corrected chi connectivity index (χ4v) is 2.23. The maximum Gasteiger partial charge on any atom is 0.412 e. The minimum Gasteiger partial charge on any atom is -0.444 e. The van der Waals surface area contributed by atoms with E-state index in [-0.39, 0.29) is 6.61 Å². The van der Waals surface area contributed by atoms with Gasteiger partial charge in [-0.25, -0.2) is 9.78 Å². The Kier molecular flexibility index (Phi) is 4.20. The Morgan fingerprint density at radius 2 is 2.17 bits per heavy atom. The zero-order valence-electron chi connectivity index (χ0n) is 12.2. The molecule has 2 N–H and O–H groups in total. The van der Waals surface area contributed by atoms with Crippen molar-refractivity contribution in [2.24, 2.45) is 0 Å². The Balaban J connectivity index is 1.59. The Morgan fingerprint density at radius 1 is 1.30 bits per heavy atom. The van der Waals surface area contributed by atoms with E-state index in [1.165, 1.54) is 0 Å². The van der Waals surface area contributed by atoms with Crippen molar-refractivity contribution in [3.63, 3.8) is 0 Å². The smallest absolute Gasteiger partial charge is 0.412 e. The number of carbonyl (C=O) groups is 1. The van der Waals surface area contributed by atoms with Crippen molar-refractivity contribution in [2.75, 3.05) is 5.32 Å². The first-order valence-corrected chi connectivity index (χ1v) is 7.06. The lowest BCUT2D eigenvalue weighted by Gasteiger charge is -2.07. The molecule has 0 aliphatic rings. The summed E-state index contributed by atoms with van der Waals surface area (Å²) in [7, 11) is 0. The number of hydrogen-bond acceptors (Lipinski definition) is 4. The lowest BCUT2D eigenvalue weighted by atomic mass is 10.1. The van der Waals surface area contributed by atoms with E-state index in [1.54, 1.807) is 12.4 Å². The van der Waals surface area contributed by atoms with E-state index < -0.39 is 6.09 Å². The lowest BCUT2D eigenvalue weighted by Crippen LogP contribution is -2.13. The molecule has 1 aromatic carbocycles. The molecule has 2 aromatic heterocycles. The van der Waals surface area contributed by atoms with Crippen LogP contribution in [0.5, 0.6) is 0 Å². The van der Waals surface area contributed by atoms with Crippen LogP contribution in [-0.2, 0) is 17.8 Å². The molecule has 2 heterocycles. The molecule has 0 atom stereocenters. The fraction of sp³-hybridized carbons (Fsp3) is 0.118. The highest BCUT2D eigenvalue weighted by Crippen LogP contribution is 2.15. The molecular weight excluding hydrogens is 292 g/mol. The second-order valence-electron chi connectivity index (χ2n) is 5.00. The maximum absolute atomic E-state index is 11.8. The van der Waals surface area contributed by atoms with E-state index in [1.807, 2.05) is 36.4 Å². The topological polar surface area (TPSA) is 90.8 Å². The quantitative estimate of drug-likeness (QED) is 0.773. The molecule has 0 aliphatic heterocycles. The highest BCUT2D eigenvalue weighted by molar-refractivity contribution is 5.88. The molecule has 0 saturated carbocycles. The van der Waals surface area contributed by atoms with Gasteiger partial charge in [0.15, 0.2) is 0 Å². The standard InChI is InChI=1S/C17H14N4O2/c18-6-4-12-2-1-3-13(8-12)11-23-17(22)21-15-9-14-5-7-19-16(14)20-10-15/h1-3,5,7-10H,4,11H2,(H,19,20)(H,21,22). The Morgan fingerprint density at radius 3 is 3.04 bits per heavy atom. The number of pyridine rings is 1. The number of amides is 1. The Labute approximate surface area is 132 Å². The highest BCUT2D eigenvalue weighted by atomic mass is 16.5. The van der Waals surface area contributed by atoms with Crippen LogP contribution in [0.3, 0.4) is 0 Å². The first kappa shape index (κ1) is 14.6. The van der Waals surface area contributed by atoms with Crippen LogP contribution in [0.1, 0.15) is 11.1 Å². The molecule has 0 radical (unpaired) electrons. The number of H-pyrrole nitrogens is 1. The monoisotopic (exact) mass is 306 g/mol. The third-order valence-corrected chi connectivity index (χ3v) is 3.29. The van der Waals surface area contributed by atoms with Crippen molar-refractivity contribution in [1.29, 1.82) is 5.26 Å². The van der Waals surface area contributed by atoms with E-state index in [0.29, 0.717) is 12.1 Å². The molecule has 0 saturated heterocycles. The molecule has 0 aliphatic carbocycles. The first-order chi connectivity index (χ1) is 11.2. The number of nitrogens with one attached hydrogen (secondary N) is 2. The summed E-state index contributed by atoms with van der Waals surface area (Å²) < 4.78 is 5.19. The summed E-state index contributed by atoms with van der Waals surface area (Å²) in [6, 6.07) is 13.2. The van der Waals surface area contributed by atoms with E-state index >= 15 is 0 Å². The van der Waals surface area contributed by atoms with E-state index in [2.05, 4.69) is 21.4 Å². The summed E-state index contributed by atoms with van der Waals surface area (Å²) in [6.07, 6.45) is 3.14. The van der Waals surface area contributed by atoms with Crippen molar-refractivity contribution in [2.45, 2.75) is 13.0 Å². The van der Waals surface area contributed by atoms with Crippen LogP contribution in [0.25, 0.3) is 11.0 Å². The molecular formula is C17H14N4O2. The van der Waals surface area contributed by atoms with Crippen LogP contribution in [-0.4, -0.2) is 16.1 Å². The number of carbonyl (C=O) groups excluding carboxylic acids is 1. The van der Waals surface area contributed by atoms with Gasteiger partial charge in [-0.05, 0) is 23.3 Å². The molecule has 0 spiro atoms. The van der Waals surface area contributed by atoms with Gasteiger partial charge >= 0.3 is 6.09 Å². The summed E-state index contributed by atoms with van der Waals surface area (Å²) in [5.74, 6) is 0. The number of benzene rings is 1. The minimum atomic E-state index is -0.549. The predicted molar refractivity (Wildman–Crippen MR) is 85.7 cm³/mol. The third-order valence-electron chi connectivity index (χ3n) is 3.29. The van der Waals surface area contributed by atoms with Crippen molar-refractivity contribution in [3.05, 3.63) is 59.9 Å². The summed E-state index contributed by atoms with van der Waals surface area (Å²) >= 11 is 0. The van der Waals surface area contributed by atoms with Gasteiger partial charge in [0.25, 0.3) is 0 Å². The molecule has 6 nitrogen and oxygen atoms in total. The van der Waals surface area contributed by atoms with E-state index in [0.717, 1.165) is 22.2 Å². The maximum atomic E-state index is 11.8. The SMILES string of the molecule is N#CCc1cccc(COC(=O)Nc2cnc3[nH]ccc3c2)c1.